The first-order valence-electron chi connectivity index (χ1n) is 6.01. The Balaban J connectivity index is 0.00000147. The number of para-hydroxylation sites is 1. The lowest BCUT2D eigenvalue weighted by atomic mass is 10.2. The summed E-state index contributed by atoms with van der Waals surface area (Å²) in [5.74, 6) is 0. The van der Waals surface area contributed by atoms with Gasteiger partial charge in [0.1, 0.15) is 0 Å². The van der Waals surface area contributed by atoms with Crippen molar-refractivity contribution in [2.75, 3.05) is 0 Å². The van der Waals surface area contributed by atoms with Crippen molar-refractivity contribution >= 4 is 35.5 Å². The van der Waals surface area contributed by atoms with E-state index in [2.05, 4.69) is 4.98 Å². The molecule has 3 rings (SSSR count). The zero-order valence-corrected chi connectivity index (χ0v) is 12.2. The molecule has 0 radical (unpaired) electrons. The Morgan fingerprint density at radius 3 is 2.40 bits per heavy atom. The van der Waals surface area contributed by atoms with Crippen molar-refractivity contribution in [2.24, 2.45) is 0 Å². The number of fused-ring (bicyclic) bond motifs is 1. The summed E-state index contributed by atoms with van der Waals surface area (Å²) < 4.78 is 2.04. The van der Waals surface area contributed by atoms with Gasteiger partial charge in [-0.15, -0.1) is 12.4 Å². The standard InChI is InChI=1S/C15H12N2OS.ClH/c18-14-12-8-4-5-9-13(12)16-15(19)17(14)10-11-6-2-1-3-7-11;/h1-9H,10H2,(H,16,19);1H. The van der Waals surface area contributed by atoms with E-state index >= 15 is 0 Å². The van der Waals surface area contributed by atoms with E-state index in [4.69, 9.17) is 12.2 Å². The average molecular weight is 305 g/mol. The van der Waals surface area contributed by atoms with Crippen LogP contribution >= 0.6 is 24.6 Å². The Morgan fingerprint density at radius 1 is 1.00 bits per heavy atom. The Labute approximate surface area is 127 Å². The summed E-state index contributed by atoms with van der Waals surface area (Å²) in [5.41, 5.74) is 1.78. The Kier molecular flexibility index (Phi) is 4.37. The molecule has 1 heterocycles. The van der Waals surface area contributed by atoms with Crippen LogP contribution in [0.15, 0.2) is 59.4 Å². The Morgan fingerprint density at radius 2 is 1.65 bits per heavy atom. The van der Waals surface area contributed by atoms with E-state index in [1.165, 1.54) is 0 Å². The number of aromatic amines is 1. The van der Waals surface area contributed by atoms with Crippen molar-refractivity contribution in [3.63, 3.8) is 0 Å². The van der Waals surface area contributed by atoms with E-state index in [1.54, 1.807) is 4.57 Å². The highest BCUT2D eigenvalue weighted by Crippen LogP contribution is 2.07. The van der Waals surface area contributed by atoms with E-state index < -0.39 is 0 Å². The molecule has 20 heavy (non-hydrogen) atoms. The molecule has 3 aromatic rings. The van der Waals surface area contributed by atoms with E-state index in [0.29, 0.717) is 16.7 Å². The number of nitrogens with zero attached hydrogens (tertiary/aromatic N) is 1. The average Bonchev–Trinajstić information content (AvgIpc) is 2.45. The zero-order chi connectivity index (χ0) is 13.2. The van der Waals surface area contributed by atoms with Crippen molar-refractivity contribution in [1.82, 2.24) is 9.55 Å². The molecule has 0 atom stereocenters. The Hall–Kier alpha value is -1.91. The number of hydrogen-bond acceptors (Lipinski definition) is 2. The van der Waals surface area contributed by atoms with Gasteiger partial charge in [-0.25, -0.2) is 0 Å². The van der Waals surface area contributed by atoms with Crippen molar-refractivity contribution < 1.29 is 0 Å². The van der Waals surface area contributed by atoms with E-state index in [-0.39, 0.29) is 18.0 Å². The number of rotatable bonds is 2. The van der Waals surface area contributed by atoms with Gasteiger partial charge in [-0.05, 0) is 29.9 Å². The maximum absolute atomic E-state index is 12.4. The molecule has 5 heteroatoms. The van der Waals surface area contributed by atoms with Crippen LogP contribution in [-0.4, -0.2) is 9.55 Å². The lowest BCUT2D eigenvalue weighted by Gasteiger charge is -2.08. The van der Waals surface area contributed by atoms with Crippen LogP contribution in [0.3, 0.4) is 0 Å². The lowest BCUT2D eigenvalue weighted by molar-refractivity contribution is 0.734. The molecule has 0 unspecified atom stereocenters. The maximum atomic E-state index is 12.4. The number of nitrogens with one attached hydrogen (secondary N) is 1. The first-order chi connectivity index (χ1) is 9.25. The number of benzene rings is 2. The smallest absolute Gasteiger partial charge is 0.262 e. The van der Waals surface area contributed by atoms with Crippen LogP contribution in [0.5, 0.6) is 0 Å². The summed E-state index contributed by atoms with van der Waals surface area (Å²) in [5, 5.41) is 0.659. The van der Waals surface area contributed by atoms with Gasteiger partial charge in [-0.2, -0.15) is 0 Å². The first-order valence-corrected chi connectivity index (χ1v) is 6.42. The normalized spacial score (nSPS) is 10.2. The van der Waals surface area contributed by atoms with Crippen LogP contribution in [0.2, 0.25) is 0 Å². The van der Waals surface area contributed by atoms with E-state index in [9.17, 15) is 4.79 Å². The molecule has 0 aliphatic carbocycles. The highest BCUT2D eigenvalue weighted by Gasteiger charge is 2.05. The molecule has 3 nitrogen and oxygen atoms in total. The molecule has 0 aliphatic heterocycles. The third-order valence-electron chi connectivity index (χ3n) is 3.07. The van der Waals surface area contributed by atoms with Crippen LogP contribution in [-0.2, 0) is 6.54 Å². The predicted octanol–water partition coefficient (Wildman–Crippen LogP) is 3.53. The zero-order valence-electron chi connectivity index (χ0n) is 10.6. The van der Waals surface area contributed by atoms with Gasteiger partial charge in [0.05, 0.1) is 17.4 Å². The topological polar surface area (TPSA) is 37.8 Å². The molecule has 0 bridgehead atoms. The van der Waals surface area contributed by atoms with Crippen LogP contribution in [0.25, 0.3) is 10.9 Å². The van der Waals surface area contributed by atoms with Crippen LogP contribution in [0, 0.1) is 4.77 Å². The largest absolute Gasteiger partial charge is 0.332 e. The molecular weight excluding hydrogens is 292 g/mol. The maximum Gasteiger partial charge on any atom is 0.262 e. The SMILES string of the molecule is Cl.O=c1c2ccccc2[nH]c(=S)n1Cc1ccccc1. The second kappa shape index (κ2) is 6.03. The lowest BCUT2D eigenvalue weighted by Crippen LogP contribution is -2.22. The second-order valence-electron chi connectivity index (χ2n) is 4.35. The minimum Gasteiger partial charge on any atom is -0.332 e. The number of aromatic nitrogens is 2. The fourth-order valence-electron chi connectivity index (χ4n) is 2.11. The van der Waals surface area contributed by atoms with E-state index in [0.717, 1.165) is 11.1 Å². The minimum atomic E-state index is -0.0526. The molecular formula is C15H13ClN2OS. The molecule has 1 aromatic heterocycles. The van der Waals surface area contributed by atoms with Crippen molar-refractivity contribution in [3.8, 4) is 0 Å². The Bertz CT molecular complexity index is 840. The molecule has 0 aliphatic rings. The molecule has 0 saturated heterocycles. The number of halogens is 1. The van der Waals surface area contributed by atoms with Gasteiger partial charge in [-0.1, -0.05) is 42.5 Å². The fourth-order valence-corrected chi connectivity index (χ4v) is 2.37. The molecule has 102 valence electrons. The van der Waals surface area contributed by atoms with Gasteiger partial charge in [-0.3, -0.25) is 9.36 Å². The second-order valence-corrected chi connectivity index (χ2v) is 4.74. The van der Waals surface area contributed by atoms with Gasteiger partial charge in [0.25, 0.3) is 5.56 Å². The summed E-state index contributed by atoms with van der Waals surface area (Å²) in [7, 11) is 0. The van der Waals surface area contributed by atoms with Gasteiger partial charge < -0.3 is 4.98 Å². The quantitative estimate of drug-likeness (QED) is 0.736. The third kappa shape index (κ3) is 2.66. The molecule has 0 fully saturated rings. The minimum absolute atomic E-state index is 0. The summed E-state index contributed by atoms with van der Waals surface area (Å²) in [4.78, 5) is 15.5. The molecule has 0 amide bonds. The number of hydrogen-bond donors (Lipinski definition) is 1. The highest BCUT2D eigenvalue weighted by atomic mass is 35.5. The van der Waals surface area contributed by atoms with Gasteiger partial charge in [0.15, 0.2) is 4.77 Å². The fraction of sp³-hybridized carbons (Fsp3) is 0.0667. The third-order valence-corrected chi connectivity index (χ3v) is 3.40. The monoisotopic (exact) mass is 304 g/mol. The van der Waals surface area contributed by atoms with Crippen LogP contribution in [0.4, 0.5) is 0 Å². The summed E-state index contributed by atoms with van der Waals surface area (Å²) in [6, 6.07) is 17.2. The van der Waals surface area contributed by atoms with E-state index in [1.807, 2.05) is 54.6 Å². The molecule has 0 spiro atoms. The number of H-pyrrole nitrogens is 1. The molecule has 1 N–H and O–H groups in total. The van der Waals surface area contributed by atoms with Crippen molar-refractivity contribution in [1.29, 1.82) is 0 Å². The van der Waals surface area contributed by atoms with Crippen LogP contribution in [0.1, 0.15) is 5.56 Å². The van der Waals surface area contributed by atoms with Gasteiger partial charge in [0.2, 0.25) is 0 Å². The van der Waals surface area contributed by atoms with Crippen molar-refractivity contribution in [2.45, 2.75) is 6.54 Å². The summed E-state index contributed by atoms with van der Waals surface area (Å²) in [6.45, 7) is 0.486. The van der Waals surface area contributed by atoms with Crippen molar-refractivity contribution in [3.05, 3.63) is 75.3 Å². The van der Waals surface area contributed by atoms with Gasteiger partial charge in [0, 0.05) is 0 Å². The summed E-state index contributed by atoms with van der Waals surface area (Å²) in [6.07, 6.45) is 0. The summed E-state index contributed by atoms with van der Waals surface area (Å²) >= 11 is 5.27. The molecule has 0 saturated carbocycles. The highest BCUT2D eigenvalue weighted by molar-refractivity contribution is 7.71. The predicted molar refractivity (Wildman–Crippen MR) is 86.2 cm³/mol. The van der Waals surface area contributed by atoms with Gasteiger partial charge >= 0.3 is 0 Å². The first kappa shape index (κ1) is 14.5. The van der Waals surface area contributed by atoms with Crippen LogP contribution < -0.4 is 5.56 Å². The molecule has 2 aromatic carbocycles.